The lowest BCUT2D eigenvalue weighted by molar-refractivity contribution is 0.148. The predicted octanol–water partition coefficient (Wildman–Crippen LogP) is 2.92. The van der Waals surface area contributed by atoms with Gasteiger partial charge in [-0.2, -0.15) is 0 Å². The second-order valence-corrected chi connectivity index (χ2v) is 3.82. The van der Waals surface area contributed by atoms with Gasteiger partial charge in [0.05, 0.1) is 12.7 Å². The van der Waals surface area contributed by atoms with Gasteiger partial charge in [0.2, 0.25) is 0 Å². The summed E-state index contributed by atoms with van der Waals surface area (Å²) in [4.78, 5) is 0. The Kier molecular flexibility index (Phi) is 5.19. The Bertz CT molecular complexity index is 284. The van der Waals surface area contributed by atoms with Gasteiger partial charge in [-0.3, -0.25) is 0 Å². The van der Waals surface area contributed by atoms with E-state index in [1.54, 1.807) is 0 Å². The largest absolute Gasteiger partial charge is 0.493 e. The Labute approximate surface area is 91.9 Å². The van der Waals surface area contributed by atoms with Crippen molar-refractivity contribution in [3.8, 4) is 5.75 Å². The smallest absolute Gasteiger partial charge is 0.122 e. The van der Waals surface area contributed by atoms with Gasteiger partial charge in [-0.25, -0.2) is 0 Å². The lowest BCUT2D eigenvalue weighted by atomic mass is 10.1. The Morgan fingerprint density at radius 1 is 1.33 bits per heavy atom. The number of hydrogen-bond acceptors (Lipinski definition) is 2. The summed E-state index contributed by atoms with van der Waals surface area (Å²) in [6.45, 7) is 4.71. The van der Waals surface area contributed by atoms with E-state index in [0.29, 0.717) is 6.61 Å². The number of aliphatic hydroxyl groups excluding tert-OH is 1. The highest BCUT2D eigenvalue weighted by atomic mass is 16.5. The van der Waals surface area contributed by atoms with Crippen molar-refractivity contribution in [2.75, 3.05) is 6.61 Å². The highest BCUT2D eigenvalue weighted by molar-refractivity contribution is 5.31. The van der Waals surface area contributed by atoms with Gasteiger partial charge in [-0.15, -0.1) is 0 Å². The van der Waals surface area contributed by atoms with E-state index in [9.17, 15) is 5.11 Å². The van der Waals surface area contributed by atoms with Crippen LogP contribution < -0.4 is 4.74 Å². The molecule has 1 aromatic rings. The molecular formula is C13H20O2. The monoisotopic (exact) mass is 208 g/mol. The van der Waals surface area contributed by atoms with Crippen molar-refractivity contribution in [2.45, 2.75) is 39.2 Å². The number of aryl methyl sites for hydroxylation is 1. The Balaban J connectivity index is 2.23. The normalized spacial score (nSPS) is 12.5. The van der Waals surface area contributed by atoms with Crippen molar-refractivity contribution >= 4 is 0 Å². The van der Waals surface area contributed by atoms with Crippen molar-refractivity contribution in [3.63, 3.8) is 0 Å². The fourth-order valence-corrected chi connectivity index (χ4v) is 1.42. The zero-order valence-electron chi connectivity index (χ0n) is 9.57. The molecule has 2 nitrogen and oxygen atoms in total. The maximum atomic E-state index is 9.35. The molecule has 0 aliphatic carbocycles. The Morgan fingerprint density at radius 3 is 2.73 bits per heavy atom. The molecule has 84 valence electrons. The van der Waals surface area contributed by atoms with Crippen LogP contribution in [0.5, 0.6) is 5.75 Å². The third-order valence-electron chi connectivity index (χ3n) is 2.50. The predicted molar refractivity (Wildman–Crippen MR) is 62.2 cm³/mol. The molecule has 0 fully saturated rings. The molecule has 0 aliphatic heterocycles. The molecule has 0 amide bonds. The average molecular weight is 208 g/mol. The molecule has 0 saturated carbocycles. The van der Waals surface area contributed by atoms with Crippen LogP contribution in [0, 0.1) is 6.92 Å². The first kappa shape index (κ1) is 12.1. The van der Waals surface area contributed by atoms with Gasteiger partial charge >= 0.3 is 0 Å². The standard InChI is InChI=1S/C13H20O2/c1-3-12(14)8-6-10-15-13-9-5-4-7-11(13)2/h4-5,7,9,12,14H,3,6,8,10H2,1-2H3. The molecule has 0 bridgehead atoms. The van der Waals surface area contributed by atoms with E-state index in [1.807, 2.05) is 38.1 Å². The van der Waals surface area contributed by atoms with Crippen molar-refractivity contribution in [1.82, 2.24) is 0 Å². The highest BCUT2D eigenvalue weighted by Crippen LogP contribution is 2.16. The third kappa shape index (κ3) is 4.34. The van der Waals surface area contributed by atoms with Gasteiger partial charge in [-0.1, -0.05) is 25.1 Å². The molecule has 0 spiro atoms. The fourth-order valence-electron chi connectivity index (χ4n) is 1.42. The van der Waals surface area contributed by atoms with Crippen LogP contribution in [0.25, 0.3) is 0 Å². The van der Waals surface area contributed by atoms with Gasteiger partial charge in [0.25, 0.3) is 0 Å². The Morgan fingerprint density at radius 2 is 2.07 bits per heavy atom. The van der Waals surface area contributed by atoms with E-state index < -0.39 is 0 Å². The summed E-state index contributed by atoms with van der Waals surface area (Å²) in [7, 11) is 0. The molecule has 1 rings (SSSR count). The van der Waals surface area contributed by atoms with E-state index in [4.69, 9.17) is 4.74 Å². The summed E-state index contributed by atoms with van der Waals surface area (Å²) >= 11 is 0. The maximum Gasteiger partial charge on any atom is 0.122 e. The van der Waals surface area contributed by atoms with E-state index in [2.05, 4.69) is 0 Å². The first-order valence-corrected chi connectivity index (χ1v) is 5.60. The third-order valence-corrected chi connectivity index (χ3v) is 2.50. The number of para-hydroxylation sites is 1. The lowest BCUT2D eigenvalue weighted by Crippen LogP contribution is -2.07. The SMILES string of the molecule is CCC(O)CCCOc1ccccc1C. The maximum absolute atomic E-state index is 9.35. The number of ether oxygens (including phenoxy) is 1. The van der Waals surface area contributed by atoms with Gasteiger partial charge in [0.1, 0.15) is 5.75 Å². The second kappa shape index (κ2) is 6.46. The van der Waals surface area contributed by atoms with Crippen LogP contribution in [0.4, 0.5) is 0 Å². The Hall–Kier alpha value is -1.02. The molecule has 2 heteroatoms. The quantitative estimate of drug-likeness (QED) is 0.728. The van der Waals surface area contributed by atoms with Gasteiger partial charge in [0, 0.05) is 0 Å². The number of benzene rings is 1. The molecule has 1 unspecified atom stereocenters. The summed E-state index contributed by atoms with van der Waals surface area (Å²) in [5.74, 6) is 0.948. The highest BCUT2D eigenvalue weighted by Gasteiger charge is 2.01. The summed E-state index contributed by atoms with van der Waals surface area (Å²) in [5.41, 5.74) is 1.16. The summed E-state index contributed by atoms with van der Waals surface area (Å²) in [6.07, 6.45) is 2.38. The first-order chi connectivity index (χ1) is 7.24. The van der Waals surface area contributed by atoms with Crippen LogP contribution in [0.1, 0.15) is 31.7 Å². The van der Waals surface area contributed by atoms with Gasteiger partial charge < -0.3 is 9.84 Å². The minimum atomic E-state index is -0.175. The van der Waals surface area contributed by atoms with Crippen LogP contribution in [0.2, 0.25) is 0 Å². The molecule has 1 aromatic carbocycles. The number of aliphatic hydroxyl groups is 1. The van der Waals surface area contributed by atoms with Crippen molar-refractivity contribution in [3.05, 3.63) is 29.8 Å². The zero-order chi connectivity index (χ0) is 11.1. The van der Waals surface area contributed by atoms with Gasteiger partial charge in [0.15, 0.2) is 0 Å². The van der Waals surface area contributed by atoms with Crippen LogP contribution in [-0.2, 0) is 0 Å². The number of rotatable bonds is 6. The van der Waals surface area contributed by atoms with E-state index in [1.165, 1.54) is 0 Å². The molecule has 1 N–H and O–H groups in total. The summed E-state index contributed by atoms with van der Waals surface area (Å²) in [5, 5.41) is 9.35. The fraction of sp³-hybridized carbons (Fsp3) is 0.538. The van der Waals surface area contributed by atoms with Gasteiger partial charge in [-0.05, 0) is 37.8 Å². The molecule has 0 saturated heterocycles. The topological polar surface area (TPSA) is 29.5 Å². The lowest BCUT2D eigenvalue weighted by Gasteiger charge is -2.10. The van der Waals surface area contributed by atoms with Crippen LogP contribution in [-0.4, -0.2) is 17.8 Å². The van der Waals surface area contributed by atoms with E-state index >= 15 is 0 Å². The molecule has 0 aliphatic rings. The minimum Gasteiger partial charge on any atom is -0.493 e. The van der Waals surface area contributed by atoms with E-state index in [-0.39, 0.29) is 6.10 Å². The second-order valence-electron chi connectivity index (χ2n) is 3.82. The average Bonchev–Trinajstić information content (AvgIpc) is 2.26. The molecule has 0 aromatic heterocycles. The summed E-state index contributed by atoms with van der Waals surface area (Å²) in [6, 6.07) is 7.99. The number of hydrogen-bond donors (Lipinski definition) is 1. The van der Waals surface area contributed by atoms with Crippen LogP contribution in [0.3, 0.4) is 0 Å². The molecular weight excluding hydrogens is 188 g/mol. The molecule has 0 radical (unpaired) electrons. The summed E-state index contributed by atoms with van der Waals surface area (Å²) < 4.78 is 5.62. The van der Waals surface area contributed by atoms with Crippen LogP contribution in [0.15, 0.2) is 24.3 Å². The van der Waals surface area contributed by atoms with Crippen molar-refractivity contribution in [2.24, 2.45) is 0 Å². The molecule has 15 heavy (non-hydrogen) atoms. The van der Waals surface area contributed by atoms with Crippen LogP contribution >= 0.6 is 0 Å². The van der Waals surface area contributed by atoms with Crippen molar-refractivity contribution in [1.29, 1.82) is 0 Å². The minimum absolute atomic E-state index is 0.175. The zero-order valence-corrected chi connectivity index (χ0v) is 9.57. The molecule has 0 heterocycles. The first-order valence-electron chi connectivity index (χ1n) is 5.60. The van der Waals surface area contributed by atoms with E-state index in [0.717, 1.165) is 30.6 Å². The molecule has 1 atom stereocenters. The van der Waals surface area contributed by atoms with Crippen molar-refractivity contribution < 1.29 is 9.84 Å².